The van der Waals surface area contributed by atoms with E-state index < -0.39 is 0 Å². The van der Waals surface area contributed by atoms with Crippen molar-refractivity contribution in [2.75, 3.05) is 0 Å². The second-order valence-corrected chi connectivity index (χ2v) is 6.61. The van der Waals surface area contributed by atoms with Crippen LogP contribution in [-0.4, -0.2) is 20.2 Å². The van der Waals surface area contributed by atoms with Gasteiger partial charge in [0.15, 0.2) is 0 Å². The topological polar surface area (TPSA) is 52.8 Å². The number of aromatic nitrogens is 4. The maximum absolute atomic E-state index is 13.5. The molecule has 0 saturated carbocycles. The molecule has 0 fully saturated rings. The summed E-state index contributed by atoms with van der Waals surface area (Å²) in [5, 5.41) is 12.3. The van der Waals surface area contributed by atoms with Gasteiger partial charge in [0.05, 0.1) is 5.69 Å². The van der Waals surface area contributed by atoms with Crippen molar-refractivity contribution >= 4 is 11.8 Å². The zero-order valence-corrected chi connectivity index (χ0v) is 15.0. The van der Waals surface area contributed by atoms with Crippen LogP contribution in [0, 0.1) is 5.82 Å². The fourth-order valence-corrected chi connectivity index (χ4v) is 3.40. The number of hydrogen-bond donors (Lipinski definition) is 0. The van der Waals surface area contributed by atoms with E-state index >= 15 is 0 Å². The Labute approximate surface area is 159 Å². The number of halogens is 1. The minimum Gasteiger partial charge on any atom is -0.457 e. The average molecular weight is 378 g/mol. The standard InChI is InChI=1S/C20H15FN4OS/c21-16-8-6-9-17(13-16)25-20(22-23-24-25)27-14-15-7-4-5-12-19(15)26-18-10-2-1-3-11-18/h1-13H,14H2. The molecule has 1 heterocycles. The highest BCUT2D eigenvalue weighted by Crippen LogP contribution is 2.30. The summed E-state index contributed by atoms with van der Waals surface area (Å²) in [6.45, 7) is 0. The number of benzene rings is 3. The van der Waals surface area contributed by atoms with E-state index in [1.807, 2.05) is 54.6 Å². The summed E-state index contributed by atoms with van der Waals surface area (Å²) < 4.78 is 21.0. The number of ether oxygens (including phenoxy) is 1. The molecule has 0 spiro atoms. The molecular weight excluding hydrogens is 363 g/mol. The molecule has 0 aliphatic carbocycles. The molecule has 3 aromatic carbocycles. The fraction of sp³-hybridized carbons (Fsp3) is 0.0500. The predicted octanol–water partition coefficient (Wildman–Crippen LogP) is 4.89. The van der Waals surface area contributed by atoms with Gasteiger partial charge in [-0.1, -0.05) is 54.2 Å². The van der Waals surface area contributed by atoms with E-state index in [9.17, 15) is 4.39 Å². The molecule has 5 nitrogen and oxygen atoms in total. The molecule has 0 aliphatic rings. The molecular formula is C20H15FN4OS. The van der Waals surface area contributed by atoms with Crippen LogP contribution >= 0.6 is 11.8 Å². The minimum absolute atomic E-state index is 0.333. The number of rotatable bonds is 6. The first-order valence-corrected chi connectivity index (χ1v) is 9.26. The first kappa shape index (κ1) is 17.2. The molecule has 27 heavy (non-hydrogen) atoms. The van der Waals surface area contributed by atoms with Gasteiger partial charge in [-0.2, -0.15) is 4.68 Å². The quantitative estimate of drug-likeness (QED) is 0.447. The summed E-state index contributed by atoms with van der Waals surface area (Å²) in [5.41, 5.74) is 1.59. The Morgan fingerprint density at radius 3 is 2.59 bits per heavy atom. The Morgan fingerprint density at radius 1 is 0.926 bits per heavy atom. The lowest BCUT2D eigenvalue weighted by molar-refractivity contribution is 0.478. The normalized spacial score (nSPS) is 10.7. The highest BCUT2D eigenvalue weighted by atomic mass is 32.2. The third-order valence-electron chi connectivity index (χ3n) is 3.79. The third-order valence-corrected chi connectivity index (χ3v) is 4.76. The van der Waals surface area contributed by atoms with Gasteiger partial charge in [-0.15, -0.1) is 5.10 Å². The van der Waals surface area contributed by atoms with Crippen LogP contribution in [0.3, 0.4) is 0 Å². The minimum atomic E-state index is -0.333. The Morgan fingerprint density at radius 2 is 1.74 bits per heavy atom. The first-order valence-electron chi connectivity index (χ1n) is 8.27. The Balaban J connectivity index is 1.53. The monoisotopic (exact) mass is 378 g/mol. The van der Waals surface area contributed by atoms with Gasteiger partial charge in [0.1, 0.15) is 17.3 Å². The number of tetrazole rings is 1. The van der Waals surface area contributed by atoms with Gasteiger partial charge in [0.2, 0.25) is 5.16 Å². The van der Waals surface area contributed by atoms with Gasteiger partial charge in [-0.05, 0) is 46.8 Å². The van der Waals surface area contributed by atoms with Gasteiger partial charge in [0.25, 0.3) is 0 Å². The van der Waals surface area contributed by atoms with Crippen LogP contribution in [0.25, 0.3) is 5.69 Å². The van der Waals surface area contributed by atoms with E-state index in [1.165, 1.54) is 28.6 Å². The lowest BCUT2D eigenvalue weighted by Gasteiger charge is -2.11. The summed E-state index contributed by atoms with van der Waals surface area (Å²) in [6.07, 6.45) is 0. The van der Waals surface area contributed by atoms with Gasteiger partial charge >= 0.3 is 0 Å². The molecule has 0 radical (unpaired) electrons. The van der Waals surface area contributed by atoms with Crippen molar-refractivity contribution < 1.29 is 9.13 Å². The van der Waals surface area contributed by atoms with E-state index in [4.69, 9.17) is 4.74 Å². The Kier molecular flexibility index (Phi) is 5.11. The number of hydrogen-bond acceptors (Lipinski definition) is 5. The Hall–Kier alpha value is -3.19. The summed E-state index contributed by atoms with van der Waals surface area (Å²) in [6, 6.07) is 23.6. The lowest BCUT2D eigenvalue weighted by Crippen LogP contribution is -2.00. The molecule has 0 amide bonds. The van der Waals surface area contributed by atoms with Crippen LogP contribution in [0.2, 0.25) is 0 Å². The molecule has 1 aromatic heterocycles. The van der Waals surface area contributed by atoms with E-state index in [1.54, 1.807) is 12.1 Å². The fourth-order valence-electron chi connectivity index (χ4n) is 2.52. The first-order chi connectivity index (χ1) is 13.3. The predicted molar refractivity (Wildman–Crippen MR) is 102 cm³/mol. The van der Waals surface area contributed by atoms with Crippen LogP contribution in [0.4, 0.5) is 4.39 Å². The zero-order chi connectivity index (χ0) is 18.5. The second kappa shape index (κ2) is 8.01. The molecule has 0 N–H and O–H groups in total. The van der Waals surface area contributed by atoms with Crippen molar-refractivity contribution in [2.45, 2.75) is 10.9 Å². The van der Waals surface area contributed by atoms with E-state index in [0.29, 0.717) is 16.6 Å². The van der Waals surface area contributed by atoms with Crippen LogP contribution < -0.4 is 4.74 Å². The van der Waals surface area contributed by atoms with Crippen molar-refractivity contribution in [1.29, 1.82) is 0 Å². The van der Waals surface area contributed by atoms with Crippen LogP contribution in [0.1, 0.15) is 5.56 Å². The Bertz CT molecular complexity index is 1040. The maximum atomic E-state index is 13.5. The van der Waals surface area contributed by atoms with Gasteiger partial charge in [0, 0.05) is 11.3 Å². The van der Waals surface area contributed by atoms with E-state index in [2.05, 4.69) is 15.5 Å². The van der Waals surface area contributed by atoms with Crippen molar-refractivity contribution in [3.05, 3.63) is 90.2 Å². The number of para-hydroxylation sites is 2. The van der Waals surface area contributed by atoms with E-state index in [0.717, 1.165) is 17.1 Å². The summed E-state index contributed by atoms with van der Waals surface area (Å²) in [4.78, 5) is 0. The molecule has 0 saturated heterocycles. The van der Waals surface area contributed by atoms with Crippen molar-refractivity contribution in [3.8, 4) is 17.2 Å². The molecule has 7 heteroatoms. The molecule has 0 atom stereocenters. The van der Waals surface area contributed by atoms with E-state index in [-0.39, 0.29) is 5.82 Å². The van der Waals surface area contributed by atoms with Crippen LogP contribution in [-0.2, 0) is 5.75 Å². The summed E-state index contributed by atoms with van der Waals surface area (Å²) >= 11 is 1.46. The molecule has 4 rings (SSSR count). The van der Waals surface area contributed by atoms with Crippen molar-refractivity contribution in [2.24, 2.45) is 0 Å². The largest absolute Gasteiger partial charge is 0.457 e. The summed E-state index contributed by atoms with van der Waals surface area (Å²) in [5.74, 6) is 1.83. The van der Waals surface area contributed by atoms with Crippen molar-refractivity contribution in [3.63, 3.8) is 0 Å². The summed E-state index contributed by atoms with van der Waals surface area (Å²) in [7, 11) is 0. The van der Waals surface area contributed by atoms with Crippen LogP contribution in [0.15, 0.2) is 84.0 Å². The van der Waals surface area contributed by atoms with Crippen LogP contribution in [0.5, 0.6) is 11.5 Å². The highest BCUT2D eigenvalue weighted by Gasteiger charge is 2.12. The van der Waals surface area contributed by atoms with Gasteiger partial charge < -0.3 is 4.74 Å². The maximum Gasteiger partial charge on any atom is 0.214 e. The van der Waals surface area contributed by atoms with Gasteiger partial charge in [-0.3, -0.25) is 0 Å². The number of nitrogens with zero attached hydrogens (tertiary/aromatic N) is 4. The molecule has 0 bridgehead atoms. The number of thioether (sulfide) groups is 1. The van der Waals surface area contributed by atoms with Crippen molar-refractivity contribution in [1.82, 2.24) is 20.2 Å². The van der Waals surface area contributed by atoms with Gasteiger partial charge in [-0.25, -0.2) is 4.39 Å². The molecule has 4 aromatic rings. The zero-order valence-electron chi connectivity index (χ0n) is 14.2. The molecule has 134 valence electrons. The smallest absolute Gasteiger partial charge is 0.214 e. The molecule has 0 unspecified atom stereocenters. The average Bonchev–Trinajstić information content (AvgIpc) is 3.17. The third kappa shape index (κ3) is 4.15. The SMILES string of the molecule is Fc1cccc(-n2nnnc2SCc2ccccc2Oc2ccccc2)c1. The highest BCUT2D eigenvalue weighted by molar-refractivity contribution is 7.98. The molecule has 0 aliphatic heterocycles. The second-order valence-electron chi connectivity index (χ2n) is 5.66. The lowest BCUT2D eigenvalue weighted by atomic mass is 10.2.